The molecular formula is C70H95N7O2S2. The van der Waals surface area contributed by atoms with Gasteiger partial charge in [-0.25, -0.2) is 0 Å². The van der Waals surface area contributed by atoms with Crippen molar-refractivity contribution < 1.29 is 8.83 Å². The summed E-state index contributed by atoms with van der Waals surface area (Å²) in [4.78, 5) is 28.0. The van der Waals surface area contributed by atoms with Crippen molar-refractivity contribution >= 4 is 22.7 Å². The summed E-state index contributed by atoms with van der Waals surface area (Å²) in [6.07, 6.45) is 22.3. The summed E-state index contributed by atoms with van der Waals surface area (Å²) in [6.45, 7) is 45.4. The minimum absolute atomic E-state index is 1.01. The summed E-state index contributed by atoms with van der Waals surface area (Å²) in [5, 5.41) is 4.23. The lowest BCUT2D eigenvalue weighted by molar-refractivity contribution is 0.531. The molecule has 11 aromatic heterocycles. The van der Waals surface area contributed by atoms with Gasteiger partial charge in [0.1, 0.15) is 11.5 Å². The van der Waals surface area contributed by atoms with Crippen molar-refractivity contribution in [3.63, 3.8) is 0 Å². The Morgan fingerprint density at radius 3 is 0.827 bits per heavy atom. The van der Waals surface area contributed by atoms with E-state index in [9.17, 15) is 0 Å². The van der Waals surface area contributed by atoms with Crippen LogP contribution in [0.2, 0.25) is 0 Å². The van der Waals surface area contributed by atoms with Gasteiger partial charge in [0, 0.05) is 94.5 Å². The lowest BCUT2D eigenvalue weighted by Crippen LogP contribution is -1.81. The predicted molar refractivity (Wildman–Crippen MR) is 350 cm³/mol. The number of thiophene rings is 2. The number of aromatic nitrogens is 7. The van der Waals surface area contributed by atoms with Crippen molar-refractivity contribution in [3.05, 3.63) is 280 Å². The molecular weight excluding hydrogens is 1030 g/mol. The van der Waals surface area contributed by atoms with E-state index in [0.717, 1.165) is 22.9 Å². The topological polar surface area (TPSA) is 125 Å². The Bertz CT molecular complexity index is 2590. The first kappa shape index (κ1) is 71.4. The number of furan rings is 2. The lowest BCUT2D eigenvalue weighted by Gasteiger charge is -1.92. The van der Waals surface area contributed by atoms with E-state index in [0.29, 0.717) is 0 Å². The highest BCUT2D eigenvalue weighted by atomic mass is 32.1. The molecule has 434 valence electrons. The second-order valence-corrected chi connectivity index (χ2v) is 22.0. The minimum atomic E-state index is 1.01. The summed E-state index contributed by atoms with van der Waals surface area (Å²) >= 11 is 3.61. The van der Waals surface area contributed by atoms with Crippen LogP contribution in [0, 0.1) is 152 Å². The predicted octanol–water partition coefficient (Wildman–Crippen LogP) is 20.2. The van der Waals surface area contributed by atoms with Crippen LogP contribution in [0.3, 0.4) is 0 Å². The van der Waals surface area contributed by atoms with Gasteiger partial charge >= 0.3 is 0 Å². The van der Waals surface area contributed by atoms with Crippen LogP contribution < -0.4 is 0 Å². The zero-order chi connectivity index (χ0) is 60.9. The van der Waals surface area contributed by atoms with Crippen molar-refractivity contribution in [3.8, 4) is 0 Å². The third-order valence-corrected chi connectivity index (χ3v) is 15.2. The Morgan fingerprint density at radius 2 is 0.704 bits per heavy atom. The van der Waals surface area contributed by atoms with Crippen LogP contribution in [0.25, 0.3) is 0 Å². The molecule has 81 heavy (non-hydrogen) atoms. The Morgan fingerprint density at radius 1 is 0.333 bits per heavy atom. The molecule has 9 nitrogen and oxygen atoms in total. The molecule has 11 rings (SSSR count). The third kappa shape index (κ3) is 31.7. The maximum absolute atomic E-state index is 4.96. The van der Waals surface area contributed by atoms with E-state index >= 15 is 0 Å². The number of hydrogen-bond donors (Lipinski definition) is 3. The molecule has 0 spiro atoms. The quantitative estimate of drug-likeness (QED) is 0.139. The molecule has 0 saturated carbocycles. The van der Waals surface area contributed by atoms with Gasteiger partial charge in [0.25, 0.3) is 0 Å². The smallest absolute Gasteiger partial charge is 0.103 e. The molecule has 0 fully saturated rings. The van der Waals surface area contributed by atoms with Gasteiger partial charge in [-0.2, -0.15) is 0 Å². The van der Waals surface area contributed by atoms with E-state index in [1.54, 1.807) is 35.2 Å². The molecule has 11 heteroatoms. The van der Waals surface area contributed by atoms with E-state index < -0.39 is 0 Å². The van der Waals surface area contributed by atoms with Gasteiger partial charge in [0.05, 0.1) is 12.5 Å². The van der Waals surface area contributed by atoms with Crippen LogP contribution in [0.4, 0.5) is 0 Å². The lowest BCUT2D eigenvalue weighted by atomic mass is 10.2. The highest BCUT2D eigenvalue weighted by Crippen LogP contribution is 2.13. The largest absolute Gasteiger partial charge is 0.469 e. The van der Waals surface area contributed by atoms with Crippen molar-refractivity contribution in [1.29, 1.82) is 0 Å². The standard InChI is InChI=1S/4C7H9N.3C6H9N.2C6H8O.2C6H8S/c2*1-6-3-4-8-5-7(6)2;2*1-6-4-3-5-8-7(6)2;1-5-3-7-4-6(5)2;6*1-5-3-4-7-6(5)2/h4*3-5H,1-2H3;3*3-4,7H,1-2H3;4*3-4H,1-2H3. The average molecular weight is 1130 g/mol. The zero-order valence-corrected chi connectivity index (χ0v) is 54.6. The Hall–Kier alpha value is -7.60. The second kappa shape index (κ2) is 40.6. The molecule has 0 aromatic carbocycles. The number of H-pyrrole nitrogens is 3. The molecule has 0 bridgehead atoms. The molecule has 0 unspecified atom stereocenters. The number of nitrogens with zero attached hydrogens (tertiary/aromatic N) is 4. The SMILES string of the molecule is Cc1c[nH]cc1C.Cc1cc[nH]c1C.Cc1cc[nH]c1C.Cc1cccnc1C.Cc1cccnc1C.Cc1ccncc1C.Cc1ccncc1C.Cc1ccoc1C.Cc1ccoc1C.Cc1ccsc1C.Cc1ccsc1C. The van der Waals surface area contributed by atoms with E-state index in [2.05, 4.69) is 193 Å². The van der Waals surface area contributed by atoms with Crippen LogP contribution in [-0.4, -0.2) is 34.9 Å². The minimum Gasteiger partial charge on any atom is -0.469 e. The van der Waals surface area contributed by atoms with Gasteiger partial charge in [-0.1, -0.05) is 12.1 Å². The highest BCUT2D eigenvalue weighted by molar-refractivity contribution is 7.10. The summed E-state index contributed by atoms with van der Waals surface area (Å²) in [7, 11) is 0. The Labute approximate surface area is 495 Å². The molecule has 11 aromatic rings. The number of hydrogen-bond acceptors (Lipinski definition) is 8. The molecule has 0 aliphatic rings. The first-order valence-electron chi connectivity index (χ1n) is 27.2. The fourth-order valence-electron chi connectivity index (χ4n) is 5.59. The first-order valence-corrected chi connectivity index (χ1v) is 29.0. The molecule has 0 radical (unpaired) electrons. The number of pyridine rings is 4. The van der Waals surface area contributed by atoms with E-state index in [1.165, 1.54) is 99.0 Å². The summed E-state index contributed by atoms with van der Waals surface area (Å²) < 4.78 is 9.93. The van der Waals surface area contributed by atoms with Crippen molar-refractivity contribution in [2.45, 2.75) is 152 Å². The average Bonchev–Trinajstić information content (AvgIpc) is 4.36. The molecule has 0 saturated heterocycles. The van der Waals surface area contributed by atoms with Crippen LogP contribution >= 0.6 is 22.7 Å². The first-order chi connectivity index (χ1) is 38.3. The van der Waals surface area contributed by atoms with Crippen molar-refractivity contribution in [2.75, 3.05) is 0 Å². The summed E-state index contributed by atoms with van der Waals surface area (Å²) in [5.41, 5.74) is 23.0. The van der Waals surface area contributed by atoms with Crippen LogP contribution in [0.15, 0.2) is 167 Å². The fourth-order valence-corrected chi connectivity index (χ4v) is 7.05. The van der Waals surface area contributed by atoms with Crippen LogP contribution in [0.1, 0.15) is 122 Å². The summed E-state index contributed by atoms with van der Waals surface area (Å²) in [6, 6.07) is 24.3. The van der Waals surface area contributed by atoms with Crippen molar-refractivity contribution in [2.24, 2.45) is 0 Å². The number of aromatic amines is 3. The normalized spacial score (nSPS) is 9.36. The molecule has 0 amide bonds. The highest BCUT2D eigenvalue weighted by Gasteiger charge is 1.93. The van der Waals surface area contributed by atoms with Gasteiger partial charge in [-0.15, -0.1) is 22.7 Å². The maximum Gasteiger partial charge on any atom is 0.103 e. The molecule has 0 aliphatic carbocycles. The molecule has 11 heterocycles. The monoisotopic (exact) mass is 1130 g/mol. The molecule has 0 aliphatic heterocycles. The Kier molecular flexibility index (Phi) is 35.8. The van der Waals surface area contributed by atoms with Gasteiger partial charge in [0.2, 0.25) is 0 Å². The van der Waals surface area contributed by atoms with Crippen LogP contribution in [-0.2, 0) is 0 Å². The Balaban J connectivity index is 0.000000446. The van der Waals surface area contributed by atoms with Crippen LogP contribution in [0.5, 0.6) is 0 Å². The van der Waals surface area contributed by atoms with E-state index in [1.807, 2.05) is 140 Å². The molecule has 0 atom stereocenters. The zero-order valence-electron chi connectivity index (χ0n) is 52.9. The summed E-state index contributed by atoms with van der Waals surface area (Å²) in [5.74, 6) is 2.03. The van der Waals surface area contributed by atoms with Crippen molar-refractivity contribution in [1.82, 2.24) is 34.9 Å². The number of aryl methyl sites for hydroxylation is 22. The number of nitrogens with one attached hydrogen (secondary N) is 3. The fraction of sp³-hybridized carbons (Fsp3) is 0.314. The third-order valence-electron chi connectivity index (χ3n) is 13.3. The van der Waals surface area contributed by atoms with E-state index in [-0.39, 0.29) is 0 Å². The van der Waals surface area contributed by atoms with Gasteiger partial charge < -0.3 is 23.8 Å². The maximum atomic E-state index is 4.96. The van der Waals surface area contributed by atoms with Gasteiger partial charge in [-0.05, 0) is 302 Å². The van der Waals surface area contributed by atoms with Gasteiger partial charge in [0.15, 0.2) is 0 Å². The molecule has 3 N–H and O–H groups in total. The number of rotatable bonds is 0. The second-order valence-electron chi connectivity index (χ2n) is 19.8. The van der Waals surface area contributed by atoms with Gasteiger partial charge in [-0.3, -0.25) is 19.9 Å². The van der Waals surface area contributed by atoms with E-state index in [4.69, 9.17) is 8.83 Å².